The Hall–Kier alpha value is -0.0325. The summed E-state index contributed by atoms with van der Waals surface area (Å²) in [6.07, 6.45) is 2.01. The standard InChI is InChI=1S/C28H58O3Si4/c1-16-27(6,32(8)9)30-35(15,23-24(3)25-21-19-18-20-22-25)28(7,17-2)31-34(13,14)26(4,5)29-33(10,11)12/h18-22,24,32H,16-17,23H2,1-15H3. The van der Waals surface area contributed by atoms with Crippen molar-refractivity contribution >= 4 is 33.7 Å². The lowest BCUT2D eigenvalue weighted by molar-refractivity contribution is 0.0524. The first-order valence-corrected chi connectivity index (χ1v) is 25.6. The number of benzene rings is 1. The van der Waals surface area contributed by atoms with Gasteiger partial charge in [-0.2, -0.15) is 0 Å². The average Bonchev–Trinajstić information content (AvgIpc) is 2.71. The number of rotatable bonds is 14. The van der Waals surface area contributed by atoms with Crippen LogP contribution in [0.2, 0.25) is 58.4 Å². The summed E-state index contributed by atoms with van der Waals surface area (Å²) in [6, 6.07) is 12.0. The van der Waals surface area contributed by atoms with Gasteiger partial charge in [-0.25, -0.2) is 0 Å². The molecule has 0 N–H and O–H groups in total. The lowest BCUT2D eigenvalue weighted by atomic mass is 10.0. The van der Waals surface area contributed by atoms with E-state index in [1.54, 1.807) is 0 Å². The third-order valence-corrected chi connectivity index (χ3v) is 22.4. The lowest BCUT2D eigenvalue weighted by Gasteiger charge is -2.55. The lowest BCUT2D eigenvalue weighted by Crippen LogP contribution is -2.69. The SMILES string of the molecule is CCC(C)(O[Si](C)(CC(C)c1ccccc1)C(C)(CC)O[Si](C)(C)C(C)(C)O[Si](C)(C)C)[SiH](C)C. The van der Waals surface area contributed by atoms with Crippen LogP contribution in [0.4, 0.5) is 0 Å². The molecule has 0 heterocycles. The Morgan fingerprint density at radius 2 is 1.31 bits per heavy atom. The van der Waals surface area contributed by atoms with Crippen molar-refractivity contribution in [2.45, 2.75) is 141 Å². The molecule has 1 aromatic carbocycles. The maximum Gasteiger partial charge on any atom is 0.220 e. The van der Waals surface area contributed by atoms with E-state index in [1.807, 2.05) is 0 Å². The molecule has 4 unspecified atom stereocenters. The second-order valence-corrected chi connectivity index (χ2v) is 30.1. The van der Waals surface area contributed by atoms with Crippen LogP contribution in [0, 0.1) is 0 Å². The highest BCUT2D eigenvalue weighted by atomic mass is 28.4. The summed E-state index contributed by atoms with van der Waals surface area (Å²) < 4.78 is 21.7. The van der Waals surface area contributed by atoms with Crippen molar-refractivity contribution in [3.8, 4) is 0 Å². The summed E-state index contributed by atoms with van der Waals surface area (Å²) in [5.41, 5.74) is 1.40. The van der Waals surface area contributed by atoms with Crippen LogP contribution in [0.25, 0.3) is 0 Å². The van der Waals surface area contributed by atoms with E-state index in [1.165, 1.54) is 5.56 Å². The Bertz CT molecular complexity index is 793. The van der Waals surface area contributed by atoms with E-state index in [4.69, 9.17) is 13.3 Å². The van der Waals surface area contributed by atoms with E-state index in [2.05, 4.69) is 131 Å². The molecular formula is C28H58O3Si4. The second-order valence-electron chi connectivity index (χ2n) is 13.6. The van der Waals surface area contributed by atoms with Gasteiger partial charge in [-0.3, -0.25) is 0 Å². The molecule has 0 amide bonds. The molecule has 4 atom stereocenters. The molecular weight excluding hydrogens is 497 g/mol. The molecule has 3 nitrogen and oxygen atoms in total. The van der Waals surface area contributed by atoms with Crippen molar-refractivity contribution in [1.82, 2.24) is 0 Å². The smallest absolute Gasteiger partial charge is 0.220 e. The molecule has 0 spiro atoms. The fourth-order valence-corrected chi connectivity index (χ4v) is 18.3. The minimum Gasteiger partial charge on any atom is -0.413 e. The van der Waals surface area contributed by atoms with Gasteiger partial charge in [-0.05, 0) is 97.3 Å². The van der Waals surface area contributed by atoms with Crippen LogP contribution < -0.4 is 0 Å². The van der Waals surface area contributed by atoms with Crippen molar-refractivity contribution in [2.75, 3.05) is 0 Å². The first kappa shape index (κ1) is 33.0. The highest BCUT2D eigenvalue weighted by Crippen LogP contribution is 2.44. The van der Waals surface area contributed by atoms with Crippen LogP contribution in [-0.4, -0.2) is 49.4 Å². The minimum absolute atomic E-state index is 0.0345. The van der Waals surface area contributed by atoms with Crippen LogP contribution in [0.1, 0.15) is 72.8 Å². The van der Waals surface area contributed by atoms with Gasteiger partial charge in [0.05, 0.1) is 19.2 Å². The summed E-state index contributed by atoms with van der Waals surface area (Å²) in [5.74, 6) is 0.424. The Labute approximate surface area is 223 Å². The Kier molecular flexibility index (Phi) is 11.1. The Morgan fingerprint density at radius 3 is 1.71 bits per heavy atom. The summed E-state index contributed by atoms with van der Waals surface area (Å²) in [7, 11) is -7.48. The third kappa shape index (κ3) is 8.22. The zero-order valence-electron chi connectivity index (χ0n) is 25.9. The average molecular weight is 555 g/mol. The molecule has 0 aromatic heterocycles. The zero-order chi connectivity index (χ0) is 27.5. The van der Waals surface area contributed by atoms with Crippen LogP contribution in [-0.2, 0) is 13.3 Å². The van der Waals surface area contributed by atoms with E-state index < -0.39 is 33.7 Å². The molecule has 1 rings (SSSR count). The summed E-state index contributed by atoms with van der Waals surface area (Å²) in [6.45, 7) is 35.1. The minimum atomic E-state index is -2.41. The van der Waals surface area contributed by atoms with Crippen molar-refractivity contribution in [3.63, 3.8) is 0 Å². The normalized spacial score (nSPS) is 19.7. The first-order valence-electron chi connectivity index (χ1n) is 13.8. The number of hydrogen-bond donors (Lipinski definition) is 0. The monoisotopic (exact) mass is 554 g/mol. The topological polar surface area (TPSA) is 27.7 Å². The summed E-state index contributed by atoms with van der Waals surface area (Å²) in [4.78, 5) is 0. The van der Waals surface area contributed by atoms with E-state index in [9.17, 15) is 0 Å². The quantitative estimate of drug-likeness (QED) is 0.215. The van der Waals surface area contributed by atoms with Gasteiger partial charge in [0, 0.05) is 5.22 Å². The molecule has 0 aliphatic rings. The molecule has 0 bridgehead atoms. The molecule has 204 valence electrons. The van der Waals surface area contributed by atoms with Gasteiger partial charge in [0.25, 0.3) is 0 Å². The van der Waals surface area contributed by atoms with Gasteiger partial charge < -0.3 is 13.3 Å². The molecule has 0 saturated heterocycles. The van der Waals surface area contributed by atoms with Gasteiger partial charge in [-0.1, -0.05) is 64.2 Å². The van der Waals surface area contributed by atoms with Crippen molar-refractivity contribution in [3.05, 3.63) is 35.9 Å². The van der Waals surface area contributed by atoms with Gasteiger partial charge in [0.2, 0.25) is 16.6 Å². The molecule has 0 fully saturated rings. The van der Waals surface area contributed by atoms with Gasteiger partial charge >= 0.3 is 0 Å². The van der Waals surface area contributed by atoms with Crippen LogP contribution in [0.3, 0.4) is 0 Å². The van der Waals surface area contributed by atoms with Crippen molar-refractivity contribution in [2.24, 2.45) is 0 Å². The zero-order valence-corrected chi connectivity index (χ0v) is 30.0. The van der Waals surface area contributed by atoms with Gasteiger partial charge in [0.15, 0.2) is 8.32 Å². The van der Waals surface area contributed by atoms with Crippen LogP contribution in [0.5, 0.6) is 0 Å². The molecule has 1 aromatic rings. The molecule has 0 aliphatic carbocycles. The van der Waals surface area contributed by atoms with Crippen LogP contribution >= 0.6 is 0 Å². The maximum atomic E-state index is 7.51. The van der Waals surface area contributed by atoms with E-state index in [0.717, 1.165) is 18.9 Å². The fraction of sp³-hybridized carbons (Fsp3) is 0.786. The highest BCUT2D eigenvalue weighted by Gasteiger charge is 2.57. The third-order valence-electron chi connectivity index (χ3n) is 8.73. The van der Waals surface area contributed by atoms with Crippen molar-refractivity contribution in [1.29, 1.82) is 0 Å². The fourth-order valence-electron chi connectivity index (χ4n) is 5.09. The Morgan fingerprint density at radius 1 is 0.800 bits per heavy atom. The first-order chi connectivity index (χ1) is 15.7. The largest absolute Gasteiger partial charge is 0.413 e. The second kappa shape index (κ2) is 11.8. The molecule has 7 heteroatoms. The van der Waals surface area contributed by atoms with Gasteiger partial charge in [0.1, 0.15) is 0 Å². The molecule has 35 heavy (non-hydrogen) atoms. The van der Waals surface area contributed by atoms with E-state index >= 15 is 0 Å². The predicted molar refractivity (Wildman–Crippen MR) is 166 cm³/mol. The summed E-state index contributed by atoms with van der Waals surface area (Å²) in [5, 5.41) is -0.603. The summed E-state index contributed by atoms with van der Waals surface area (Å²) >= 11 is 0. The molecule has 0 aliphatic heterocycles. The highest BCUT2D eigenvalue weighted by molar-refractivity contribution is 6.80. The Balaban J connectivity index is 3.56. The predicted octanol–water partition coefficient (Wildman–Crippen LogP) is 8.68. The molecule has 0 saturated carbocycles. The van der Waals surface area contributed by atoms with E-state index in [-0.39, 0.29) is 15.7 Å². The maximum absolute atomic E-state index is 7.51. The van der Waals surface area contributed by atoms with Crippen molar-refractivity contribution < 1.29 is 13.3 Å². The number of hydrogen-bond acceptors (Lipinski definition) is 3. The van der Waals surface area contributed by atoms with Crippen LogP contribution in [0.15, 0.2) is 30.3 Å². The molecule has 0 radical (unpaired) electrons. The van der Waals surface area contributed by atoms with E-state index in [0.29, 0.717) is 5.92 Å². The van der Waals surface area contributed by atoms with Gasteiger partial charge in [-0.15, -0.1) is 0 Å².